The molecule has 0 unspecified atom stereocenters. The minimum Gasteiger partial charge on any atom is -0.350 e. The highest BCUT2D eigenvalue weighted by molar-refractivity contribution is 6.36. The first-order valence-corrected chi connectivity index (χ1v) is 9.39. The molecular formula is C22H23N3O4. The Morgan fingerprint density at radius 1 is 1.03 bits per heavy atom. The SMILES string of the molecule is Cc1cccc(NC2=C(c3ccc([N+](=O)[O-])cc3)C(=O)N(CC(C)C)C2=O)c1C. The Hall–Kier alpha value is -3.48. The monoisotopic (exact) mass is 393 g/mol. The van der Waals surface area contributed by atoms with Crippen LogP contribution >= 0.6 is 0 Å². The van der Waals surface area contributed by atoms with Gasteiger partial charge in [-0.15, -0.1) is 0 Å². The number of nitrogens with one attached hydrogen (secondary N) is 1. The number of nitrogens with zero attached hydrogens (tertiary/aromatic N) is 2. The highest BCUT2D eigenvalue weighted by atomic mass is 16.6. The molecule has 7 heteroatoms. The number of nitro groups is 1. The molecule has 0 fully saturated rings. The van der Waals surface area contributed by atoms with Gasteiger partial charge in [0.2, 0.25) is 0 Å². The van der Waals surface area contributed by atoms with Crippen LogP contribution in [0.5, 0.6) is 0 Å². The lowest BCUT2D eigenvalue weighted by Gasteiger charge is -2.17. The average molecular weight is 393 g/mol. The molecule has 0 radical (unpaired) electrons. The standard InChI is InChI=1S/C22H23N3O4/c1-13(2)12-24-21(26)19(16-8-10-17(11-9-16)25(28)29)20(22(24)27)23-18-7-5-6-14(3)15(18)4/h5-11,13,23H,12H2,1-4H3. The van der Waals surface area contributed by atoms with Crippen molar-refractivity contribution in [1.29, 1.82) is 0 Å². The van der Waals surface area contributed by atoms with Crippen molar-refractivity contribution in [3.8, 4) is 0 Å². The largest absolute Gasteiger partial charge is 0.350 e. The number of amides is 2. The van der Waals surface area contributed by atoms with Gasteiger partial charge in [0.25, 0.3) is 17.5 Å². The number of benzene rings is 2. The van der Waals surface area contributed by atoms with Crippen molar-refractivity contribution in [1.82, 2.24) is 4.90 Å². The van der Waals surface area contributed by atoms with Crippen LogP contribution in [0.4, 0.5) is 11.4 Å². The Kier molecular flexibility index (Phi) is 5.50. The molecule has 1 heterocycles. The minimum atomic E-state index is -0.500. The molecule has 7 nitrogen and oxygen atoms in total. The summed E-state index contributed by atoms with van der Waals surface area (Å²) >= 11 is 0. The first kappa shape index (κ1) is 20.3. The van der Waals surface area contributed by atoms with Gasteiger partial charge >= 0.3 is 0 Å². The summed E-state index contributed by atoms with van der Waals surface area (Å²) < 4.78 is 0. The molecule has 0 saturated heterocycles. The van der Waals surface area contributed by atoms with Gasteiger partial charge in [0, 0.05) is 24.4 Å². The van der Waals surface area contributed by atoms with E-state index >= 15 is 0 Å². The highest BCUT2D eigenvalue weighted by Gasteiger charge is 2.39. The molecule has 29 heavy (non-hydrogen) atoms. The number of carbonyl (C=O) groups excluding carboxylic acids is 2. The van der Waals surface area contributed by atoms with Crippen molar-refractivity contribution in [2.24, 2.45) is 5.92 Å². The van der Waals surface area contributed by atoms with Crippen molar-refractivity contribution >= 4 is 28.8 Å². The van der Waals surface area contributed by atoms with Gasteiger partial charge in [-0.25, -0.2) is 0 Å². The highest BCUT2D eigenvalue weighted by Crippen LogP contribution is 2.32. The molecule has 2 aromatic rings. The van der Waals surface area contributed by atoms with E-state index in [-0.39, 0.29) is 22.9 Å². The van der Waals surface area contributed by atoms with E-state index in [0.717, 1.165) is 16.8 Å². The number of anilines is 1. The van der Waals surface area contributed by atoms with Gasteiger partial charge < -0.3 is 5.32 Å². The maximum absolute atomic E-state index is 13.1. The van der Waals surface area contributed by atoms with Crippen LogP contribution in [-0.2, 0) is 9.59 Å². The van der Waals surface area contributed by atoms with Crippen LogP contribution < -0.4 is 5.32 Å². The van der Waals surface area contributed by atoms with Gasteiger partial charge in [-0.05, 0) is 54.7 Å². The molecule has 0 bridgehead atoms. The van der Waals surface area contributed by atoms with Crippen molar-refractivity contribution < 1.29 is 14.5 Å². The third kappa shape index (κ3) is 3.89. The molecule has 1 aliphatic heterocycles. The van der Waals surface area contributed by atoms with E-state index < -0.39 is 16.7 Å². The zero-order valence-corrected chi connectivity index (χ0v) is 16.9. The first-order chi connectivity index (χ1) is 13.7. The van der Waals surface area contributed by atoms with Gasteiger partial charge in [-0.2, -0.15) is 0 Å². The normalized spacial score (nSPS) is 14.2. The summed E-state index contributed by atoms with van der Waals surface area (Å²) in [5.74, 6) is -0.676. The van der Waals surface area contributed by atoms with Gasteiger partial charge in [0.15, 0.2) is 0 Å². The predicted molar refractivity (Wildman–Crippen MR) is 111 cm³/mol. The number of rotatable bonds is 6. The van der Waals surface area contributed by atoms with E-state index in [1.54, 1.807) is 0 Å². The molecular weight excluding hydrogens is 370 g/mol. The van der Waals surface area contributed by atoms with Crippen molar-refractivity contribution in [3.63, 3.8) is 0 Å². The lowest BCUT2D eigenvalue weighted by Crippen LogP contribution is -2.35. The van der Waals surface area contributed by atoms with E-state index in [1.165, 1.54) is 29.2 Å². The second kappa shape index (κ2) is 7.87. The summed E-state index contributed by atoms with van der Waals surface area (Å²) in [6.45, 7) is 8.08. The third-order valence-electron chi connectivity index (χ3n) is 4.95. The summed E-state index contributed by atoms with van der Waals surface area (Å²) in [6, 6.07) is 11.4. The Labute approximate surface area is 169 Å². The number of non-ortho nitro benzene ring substituents is 1. The van der Waals surface area contributed by atoms with Crippen LogP contribution in [0.15, 0.2) is 48.2 Å². The zero-order valence-electron chi connectivity index (χ0n) is 16.9. The molecule has 3 rings (SSSR count). The quantitative estimate of drug-likeness (QED) is 0.454. The molecule has 0 spiro atoms. The van der Waals surface area contributed by atoms with E-state index in [2.05, 4.69) is 5.32 Å². The second-order valence-electron chi connectivity index (χ2n) is 7.54. The summed E-state index contributed by atoms with van der Waals surface area (Å²) in [5.41, 5.74) is 3.59. The summed E-state index contributed by atoms with van der Waals surface area (Å²) in [5, 5.41) is 14.1. The van der Waals surface area contributed by atoms with E-state index in [9.17, 15) is 19.7 Å². The average Bonchev–Trinajstić information content (AvgIpc) is 2.89. The third-order valence-corrected chi connectivity index (χ3v) is 4.95. The van der Waals surface area contributed by atoms with Crippen LogP contribution in [0.25, 0.3) is 5.57 Å². The molecule has 0 saturated carbocycles. The Balaban J connectivity index is 2.10. The number of aryl methyl sites for hydroxylation is 1. The van der Waals surface area contributed by atoms with Gasteiger partial charge in [-0.1, -0.05) is 26.0 Å². The molecule has 0 aliphatic carbocycles. The predicted octanol–water partition coefficient (Wildman–Crippen LogP) is 4.06. The van der Waals surface area contributed by atoms with Crippen molar-refractivity contribution in [2.45, 2.75) is 27.7 Å². The van der Waals surface area contributed by atoms with Crippen molar-refractivity contribution in [3.05, 3.63) is 75.0 Å². The molecule has 2 amide bonds. The Morgan fingerprint density at radius 3 is 2.28 bits per heavy atom. The Bertz CT molecular complexity index is 1020. The fourth-order valence-corrected chi connectivity index (χ4v) is 3.26. The summed E-state index contributed by atoms with van der Waals surface area (Å²) in [6.07, 6.45) is 0. The minimum absolute atomic E-state index is 0.0748. The Morgan fingerprint density at radius 2 is 1.69 bits per heavy atom. The van der Waals surface area contributed by atoms with Crippen LogP contribution in [0.3, 0.4) is 0 Å². The molecule has 0 aromatic heterocycles. The maximum atomic E-state index is 13.1. The number of carbonyl (C=O) groups is 2. The molecule has 1 N–H and O–H groups in total. The van der Waals surface area contributed by atoms with E-state index in [4.69, 9.17) is 0 Å². The molecule has 2 aromatic carbocycles. The molecule has 1 aliphatic rings. The van der Waals surface area contributed by atoms with Gasteiger partial charge in [-0.3, -0.25) is 24.6 Å². The smallest absolute Gasteiger partial charge is 0.278 e. The summed E-state index contributed by atoms with van der Waals surface area (Å²) in [4.78, 5) is 37.9. The zero-order chi connectivity index (χ0) is 21.3. The summed E-state index contributed by atoms with van der Waals surface area (Å²) in [7, 11) is 0. The second-order valence-corrected chi connectivity index (χ2v) is 7.54. The maximum Gasteiger partial charge on any atom is 0.278 e. The lowest BCUT2D eigenvalue weighted by atomic mass is 10.0. The lowest BCUT2D eigenvalue weighted by molar-refractivity contribution is -0.384. The fourth-order valence-electron chi connectivity index (χ4n) is 3.26. The van der Waals surface area contributed by atoms with Crippen LogP contribution in [0.2, 0.25) is 0 Å². The van der Waals surface area contributed by atoms with Crippen LogP contribution in [0.1, 0.15) is 30.5 Å². The topological polar surface area (TPSA) is 92.6 Å². The fraction of sp³-hybridized carbons (Fsp3) is 0.273. The number of imide groups is 1. The van der Waals surface area contributed by atoms with Crippen LogP contribution in [0, 0.1) is 29.9 Å². The van der Waals surface area contributed by atoms with Gasteiger partial charge in [0.1, 0.15) is 5.70 Å². The van der Waals surface area contributed by atoms with Gasteiger partial charge in [0.05, 0.1) is 10.5 Å². The van der Waals surface area contributed by atoms with E-state index in [1.807, 2.05) is 45.9 Å². The van der Waals surface area contributed by atoms with E-state index in [0.29, 0.717) is 12.1 Å². The number of hydrogen-bond acceptors (Lipinski definition) is 5. The van der Waals surface area contributed by atoms with Crippen molar-refractivity contribution in [2.75, 3.05) is 11.9 Å². The number of hydrogen-bond donors (Lipinski definition) is 1. The molecule has 150 valence electrons. The first-order valence-electron chi connectivity index (χ1n) is 9.39. The molecule has 0 atom stereocenters. The van der Waals surface area contributed by atoms with Crippen LogP contribution in [-0.4, -0.2) is 28.2 Å². The number of nitro benzene ring substituents is 1.